The number of amides is 15. The molecule has 5 aromatic rings. The fourth-order valence-corrected chi connectivity index (χ4v) is 13.7. The van der Waals surface area contributed by atoms with Crippen molar-refractivity contribution in [3.8, 4) is 5.75 Å². The highest BCUT2D eigenvalue weighted by Crippen LogP contribution is 2.25. The lowest BCUT2D eigenvalue weighted by Gasteiger charge is -2.31. The number of benzene rings is 3. The molecule has 0 unspecified atom stereocenters. The summed E-state index contributed by atoms with van der Waals surface area (Å²) in [6.45, 7) is 6.83. The van der Waals surface area contributed by atoms with Crippen LogP contribution in [-0.2, 0) is 106 Å². The number of aliphatic carboxylic acids is 3. The first-order chi connectivity index (χ1) is 57.8. The van der Waals surface area contributed by atoms with Crippen LogP contribution in [-0.4, -0.2) is 258 Å². The van der Waals surface area contributed by atoms with Gasteiger partial charge in [-0.3, -0.25) is 86.3 Å². The van der Waals surface area contributed by atoms with Crippen LogP contribution in [0.2, 0.25) is 0 Å². The van der Waals surface area contributed by atoms with Gasteiger partial charge in [-0.1, -0.05) is 68.8 Å². The fraction of sp³-hybridized carbons (Fsp3) is 0.494. The molecule has 1 aliphatic rings. The minimum Gasteiger partial charge on any atom is -0.508 e. The van der Waals surface area contributed by atoms with Crippen molar-refractivity contribution in [1.29, 1.82) is 0 Å². The van der Waals surface area contributed by atoms with Gasteiger partial charge in [0, 0.05) is 84.4 Å². The maximum absolute atomic E-state index is 15.2. The van der Waals surface area contributed by atoms with Gasteiger partial charge < -0.3 is 122 Å². The van der Waals surface area contributed by atoms with Gasteiger partial charge in [-0.25, -0.2) is 0 Å². The molecule has 0 spiro atoms. The molecule has 0 aliphatic carbocycles. The monoisotopic (exact) mass is 1740 g/mol. The number of para-hydroxylation sites is 2. The van der Waals surface area contributed by atoms with Crippen LogP contribution in [0.3, 0.4) is 0 Å². The Hall–Kier alpha value is -12.4. The Bertz CT molecular complexity index is 4580. The number of aromatic hydroxyl groups is 1. The van der Waals surface area contributed by atoms with E-state index in [-0.39, 0.29) is 49.6 Å². The molecule has 0 radical (unpaired) electrons. The zero-order valence-electron chi connectivity index (χ0n) is 67.9. The topological polar surface area (TPSA) is 657 Å². The van der Waals surface area contributed by atoms with Gasteiger partial charge in [-0.2, -0.15) is 25.3 Å². The first-order valence-corrected chi connectivity index (χ1v) is 40.8. The number of nitrogens with two attached hydrogens (primary N) is 3. The van der Waals surface area contributed by atoms with Crippen LogP contribution in [0.25, 0.3) is 21.8 Å². The molecule has 41 nitrogen and oxygen atoms in total. The second-order valence-corrected chi connectivity index (χ2v) is 30.7. The predicted octanol–water partition coefficient (Wildman–Crippen LogP) is -3.58. The number of rotatable bonds is 50. The van der Waals surface area contributed by atoms with E-state index in [0.29, 0.717) is 64.3 Å². The van der Waals surface area contributed by atoms with Gasteiger partial charge >= 0.3 is 17.9 Å². The number of likely N-dealkylation sites (tertiary alicyclic amines) is 1. The molecule has 15 amide bonds. The Morgan fingerprint density at radius 1 is 0.484 bits per heavy atom. The lowest BCUT2D eigenvalue weighted by atomic mass is 9.99. The highest BCUT2D eigenvalue weighted by molar-refractivity contribution is 7.80. The zero-order chi connectivity index (χ0) is 90.2. The van der Waals surface area contributed by atoms with E-state index in [4.69, 9.17) is 17.2 Å². The molecule has 3 heterocycles. The summed E-state index contributed by atoms with van der Waals surface area (Å²) in [5.41, 5.74) is 19.4. The second-order valence-electron chi connectivity index (χ2n) is 30.0. The summed E-state index contributed by atoms with van der Waals surface area (Å²) in [4.78, 5) is 254. The molecule has 2 aromatic heterocycles. The van der Waals surface area contributed by atoms with Crippen molar-refractivity contribution in [3.63, 3.8) is 0 Å². The third-order valence-corrected chi connectivity index (χ3v) is 20.6. The Morgan fingerprint density at radius 3 is 1.47 bits per heavy atom. The number of fused-ring (bicyclic) bond motifs is 2. The highest BCUT2D eigenvalue weighted by Gasteiger charge is 2.42. The SMILES string of the molecule is CC(C)C[C@@H](NC(=O)[C@@H](Cc1c[nH]c2ccccc12)NC(=O)[C@@H](CCC(N)=O)NC(=O)[C@@H](Cc1c[nH]c2ccccc12)NC(=O)[C@@H](CCC(=O)O)NC(=O)[C@H]1CCCN1C(=O)[C@@H](Cc1ccc(O)cc1)NC(=O)[C@@H](CC(=O)O)NC(=O)[C@@H](CS)NC(=O)[C@@H](C)NC(=O)CNC(=O)[C@H](N)CCCCN)C(=O)N[C@H](CS)C(=O)N[C@H](C)C(=O)N[C@H](C)C(=O)O. The highest BCUT2D eigenvalue weighted by atomic mass is 32.1. The minimum absolute atomic E-state index is 0.0620. The van der Waals surface area contributed by atoms with Crippen LogP contribution >= 0.6 is 25.3 Å². The molecule has 3 aromatic carbocycles. The number of nitrogens with one attached hydrogen (secondary N) is 15. The van der Waals surface area contributed by atoms with Crippen LogP contribution in [0.15, 0.2) is 85.2 Å². The van der Waals surface area contributed by atoms with Crippen molar-refractivity contribution in [2.75, 3.05) is 31.1 Å². The van der Waals surface area contributed by atoms with E-state index >= 15 is 19.2 Å². The molecule has 14 atom stereocenters. The predicted molar refractivity (Wildman–Crippen MR) is 447 cm³/mol. The first-order valence-electron chi connectivity index (χ1n) is 39.5. The van der Waals surface area contributed by atoms with E-state index in [9.17, 15) is 87.5 Å². The lowest BCUT2D eigenvalue weighted by molar-refractivity contribution is -0.144. The Kier molecular flexibility index (Phi) is 38.9. The number of primary amides is 1. The average Bonchev–Trinajstić information content (AvgIpc) is 1.66. The number of thiol groups is 2. The number of hydrogen-bond acceptors (Lipinski definition) is 23. The summed E-state index contributed by atoms with van der Waals surface area (Å²) in [6.07, 6.45) is -0.237. The van der Waals surface area contributed by atoms with E-state index in [1.54, 1.807) is 68.6 Å². The molecular weight excluding hydrogens is 1630 g/mol. The molecular formula is C79H109N19O22S2. The van der Waals surface area contributed by atoms with Crippen molar-refractivity contribution in [2.45, 2.75) is 209 Å². The number of aromatic nitrogens is 2. The molecule has 664 valence electrons. The molecule has 122 heavy (non-hydrogen) atoms. The number of aromatic amines is 2. The van der Waals surface area contributed by atoms with Crippen molar-refractivity contribution in [3.05, 3.63) is 102 Å². The molecule has 1 saturated heterocycles. The summed E-state index contributed by atoms with van der Waals surface area (Å²) in [7, 11) is 0. The van der Waals surface area contributed by atoms with Crippen LogP contribution < -0.4 is 86.3 Å². The van der Waals surface area contributed by atoms with Crippen molar-refractivity contribution in [1.82, 2.24) is 84.0 Å². The number of phenolic OH excluding ortho intramolecular Hbond substituents is 1. The fourth-order valence-electron chi connectivity index (χ4n) is 13.1. The van der Waals surface area contributed by atoms with Gasteiger partial charge in [0.2, 0.25) is 88.6 Å². The molecule has 25 N–H and O–H groups in total. The largest absolute Gasteiger partial charge is 0.508 e. The molecule has 1 aliphatic heterocycles. The van der Waals surface area contributed by atoms with Gasteiger partial charge in [0.05, 0.1) is 19.0 Å². The third kappa shape index (κ3) is 30.7. The minimum atomic E-state index is -1.99. The van der Waals surface area contributed by atoms with Crippen molar-refractivity contribution < 1.29 is 107 Å². The summed E-state index contributed by atoms with van der Waals surface area (Å²) < 4.78 is 0. The number of carbonyl (C=O) groups is 18. The second kappa shape index (κ2) is 48.2. The maximum Gasteiger partial charge on any atom is 0.325 e. The summed E-state index contributed by atoms with van der Waals surface area (Å²) in [5, 5.41) is 72.7. The van der Waals surface area contributed by atoms with Crippen molar-refractivity contribution in [2.24, 2.45) is 23.1 Å². The molecule has 6 rings (SSSR count). The standard InChI is InChI=1S/C79H109N19O22S2/c1-39(2)29-54(71(111)97-59(37-121)75(115)87-41(4)66(106)88-42(5)79(119)120)91-73(113)56(32-45-35-84-51-17-9-7-14-48(45)51)93-69(109)52(23-25-62(82)100)89-72(112)55(31-44-34-83-50-16-8-6-13-47(44)50)92-70(110)53(24-26-64(102)103)90-77(117)61-18-12-28-98(61)78(118)58(30-43-19-21-46(99)22-20-43)95-74(114)57(33-65(104)105)94-76(116)60(38-122)96-67(107)40(3)86-63(101)36-85-68(108)49(81)15-10-11-27-80/h6-9,13-14,16-17,19-22,34-35,39-42,49,52-61,83-84,99,121-122H,10-12,15,18,23-33,36-38,80-81H2,1-5H3,(H2,82,100)(H,85,108)(H,86,101)(H,87,115)(H,88,106)(H,89,112)(H,90,117)(H,91,113)(H,92,110)(H,93,109)(H,94,116)(H,95,114)(H,96,107)(H,97,111)(H,102,103)(H,104,105)(H,119,120)/t40-,41-,42-,49-,52-,53-,54-,55-,56-,57-,58-,59-,60-,61-/m1/s1. The number of unbranched alkanes of at least 4 members (excludes halogenated alkanes) is 1. The number of carbonyl (C=O) groups excluding carboxylic acids is 15. The molecule has 0 saturated carbocycles. The summed E-state index contributed by atoms with van der Waals surface area (Å²) in [6, 6.07) is -2.50. The third-order valence-electron chi connectivity index (χ3n) is 19.8. The number of nitrogens with zero attached hydrogens (tertiary/aromatic N) is 1. The lowest BCUT2D eigenvalue weighted by Crippen LogP contribution is -2.61. The number of phenols is 1. The van der Waals surface area contributed by atoms with Gasteiger partial charge in [0.25, 0.3) is 0 Å². The van der Waals surface area contributed by atoms with E-state index in [0.717, 1.165) is 4.90 Å². The number of H-pyrrole nitrogens is 2. The quantitative estimate of drug-likeness (QED) is 0.0132. The molecule has 1 fully saturated rings. The van der Waals surface area contributed by atoms with E-state index in [1.165, 1.54) is 51.2 Å². The van der Waals surface area contributed by atoms with Gasteiger partial charge in [0.1, 0.15) is 84.3 Å². The number of carboxylic acid groups (broad SMARTS) is 3. The smallest absolute Gasteiger partial charge is 0.325 e. The molecule has 0 bridgehead atoms. The zero-order valence-corrected chi connectivity index (χ0v) is 69.7. The normalized spacial score (nSPS) is 15.7. The maximum atomic E-state index is 15.2. The Balaban J connectivity index is 1.26. The number of hydrogen-bond donors (Lipinski definition) is 24. The summed E-state index contributed by atoms with van der Waals surface area (Å²) >= 11 is 8.40. The van der Waals surface area contributed by atoms with Crippen LogP contribution in [0.1, 0.15) is 122 Å². The van der Waals surface area contributed by atoms with E-state index in [2.05, 4.69) is 104 Å². The van der Waals surface area contributed by atoms with Gasteiger partial charge in [0.15, 0.2) is 0 Å². The van der Waals surface area contributed by atoms with Gasteiger partial charge in [-0.15, -0.1) is 0 Å². The Labute approximate surface area is 711 Å². The van der Waals surface area contributed by atoms with Crippen molar-refractivity contribution >= 4 is 154 Å². The summed E-state index contributed by atoms with van der Waals surface area (Å²) in [5.74, 6) is -20.5. The Morgan fingerprint density at radius 2 is 0.934 bits per heavy atom. The number of carboxylic acids is 3. The van der Waals surface area contributed by atoms with E-state index < -0.39 is 248 Å². The first kappa shape index (κ1) is 98.4. The van der Waals surface area contributed by atoms with E-state index in [1.807, 2.05) is 0 Å². The van der Waals surface area contributed by atoms with Crippen LogP contribution in [0.5, 0.6) is 5.75 Å². The molecule has 43 heteroatoms. The van der Waals surface area contributed by atoms with Gasteiger partial charge in [-0.05, 0) is 119 Å². The van der Waals surface area contributed by atoms with Crippen LogP contribution in [0, 0.1) is 5.92 Å². The van der Waals surface area contributed by atoms with Crippen LogP contribution in [0.4, 0.5) is 0 Å². The average molecular weight is 1740 g/mol.